The number of piperidine rings is 1. The highest BCUT2D eigenvalue weighted by Gasteiger charge is 2.32. The maximum absolute atomic E-state index is 12.2. The number of nitrogens with one attached hydrogen (secondary N) is 1. The second-order valence-electron chi connectivity index (χ2n) is 7.46. The van der Waals surface area contributed by atoms with Gasteiger partial charge in [-0.3, -0.25) is 4.79 Å². The number of aromatic nitrogens is 1. The number of carbonyl (C=O) groups is 1. The number of benzene rings is 1. The number of hydrogen-bond donors (Lipinski definition) is 1. The van der Waals surface area contributed by atoms with Crippen LogP contribution in [-0.2, 0) is 22.6 Å². The van der Waals surface area contributed by atoms with Gasteiger partial charge < -0.3 is 19.2 Å². The van der Waals surface area contributed by atoms with E-state index in [1.165, 1.54) is 7.11 Å². The summed E-state index contributed by atoms with van der Waals surface area (Å²) in [6.07, 6.45) is 2.78. The van der Waals surface area contributed by atoms with Crippen molar-refractivity contribution in [3.8, 4) is 16.5 Å². The van der Waals surface area contributed by atoms with E-state index in [0.29, 0.717) is 12.5 Å². The van der Waals surface area contributed by atoms with E-state index >= 15 is 0 Å². The minimum Gasteiger partial charge on any atom is -0.487 e. The number of carbonyl (C=O) groups excluding carboxylic acids is 1. The smallest absolute Gasteiger partial charge is 0.323 e. The molecule has 0 aliphatic carbocycles. The average molecular weight is 427 g/mol. The Balaban J connectivity index is 1.47. The SMILES string of the molecule is COC(=O)[C@@H]1NCCCC1Cc1ccccc1OCc1nc(-c2cccs2)oc1C. The maximum Gasteiger partial charge on any atom is 0.323 e. The maximum atomic E-state index is 12.2. The Labute approximate surface area is 180 Å². The Morgan fingerprint density at radius 1 is 1.30 bits per heavy atom. The van der Waals surface area contributed by atoms with Crippen LogP contribution < -0.4 is 10.1 Å². The topological polar surface area (TPSA) is 73.6 Å². The van der Waals surface area contributed by atoms with E-state index in [1.807, 2.05) is 42.6 Å². The standard InChI is InChI=1S/C23H26N2O4S/c1-15-18(25-22(29-15)20-10-6-12-30-20)14-28-19-9-4-3-7-16(19)13-17-8-5-11-24-21(17)23(26)27-2/h3-4,6-7,9-10,12,17,21,24H,5,8,11,13-14H2,1-2H3/t17?,21-/m1/s1. The fraction of sp³-hybridized carbons (Fsp3) is 0.391. The van der Waals surface area contributed by atoms with Gasteiger partial charge >= 0.3 is 5.97 Å². The van der Waals surface area contributed by atoms with Gasteiger partial charge in [-0.05, 0) is 61.7 Å². The summed E-state index contributed by atoms with van der Waals surface area (Å²) in [5, 5.41) is 5.31. The van der Waals surface area contributed by atoms with Crippen molar-refractivity contribution in [1.29, 1.82) is 0 Å². The minimum atomic E-state index is -0.275. The first-order chi connectivity index (χ1) is 14.7. The largest absolute Gasteiger partial charge is 0.487 e. The highest BCUT2D eigenvalue weighted by atomic mass is 32.1. The van der Waals surface area contributed by atoms with Gasteiger partial charge in [0, 0.05) is 0 Å². The highest BCUT2D eigenvalue weighted by molar-refractivity contribution is 7.13. The number of methoxy groups -OCH3 is 1. The first-order valence-electron chi connectivity index (χ1n) is 10.2. The molecule has 1 unspecified atom stereocenters. The van der Waals surface area contributed by atoms with E-state index in [1.54, 1.807) is 11.3 Å². The van der Waals surface area contributed by atoms with E-state index in [-0.39, 0.29) is 17.9 Å². The van der Waals surface area contributed by atoms with Crippen molar-refractivity contribution < 1.29 is 18.7 Å². The van der Waals surface area contributed by atoms with Gasteiger partial charge in [-0.2, -0.15) is 0 Å². The van der Waals surface area contributed by atoms with Gasteiger partial charge in [0.2, 0.25) is 5.89 Å². The van der Waals surface area contributed by atoms with Crippen LogP contribution in [0.15, 0.2) is 46.2 Å². The molecule has 1 fully saturated rings. The number of nitrogens with zero attached hydrogens (tertiary/aromatic N) is 1. The Kier molecular flexibility index (Phi) is 6.50. The predicted molar refractivity (Wildman–Crippen MR) is 116 cm³/mol. The van der Waals surface area contributed by atoms with E-state index in [9.17, 15) is 4.79 Å². The molecule has 0 bridgehead atoms. The first kappa shape index (κ1) is 20.6. The van der Waals surface area contributed by atoms with E-state index in [0.717, 1.165) is 53.5 Å². The Hall–Kier alpha value is -2.64. The summed E-state index contributed by atoms with van der Waals surface area (Å²) < 4.78 is 16.9. The molecule has 0 radical (unpaired) electrons. The highest BCUT2D eigenvalue weighted by Crippen LogP contribution is 2.29. The molecule has 4 rings (SSSR count). The lowest BCUT2D eigenvalue weighted by molar-refractivity contribution is -0.145. The molecule has 2 atom stereocenters. The molecule has 1 aliphatic heterocycles. The van der Waals surface area contributed by atoms with Crippen molar-refractivity contribution in [1.82, 2.24) is 10.3 Å². The molecule has 0 saturated carbocycles. The summed E-state index contributed by atoms with van der Waals surface area (Å²) in [4.78, 5) is 17.8. The average Bonchev–Trinajstić information content (AvgIpc) is 3.43. The lowest BCUT2D eigenvalue weighted by atomic mass is 9.85. The Morgan fingerprint density at radius 2 is 2.17 bits per heavy atom. The van der Waals surface area contributed by atoms with Crippen LogP contribution in [0, 0.1) is 12.8 Å². The van der Waals surface area contributed by atoms with Crippen molar-refractivity contribution in [2.24, 2.45) is 5.92 Å². The fourth-order valence-electron chi connectivity index (χ4n) is 3.89. The van der Waals surface area contributed by atoms with Crippen LogP contribution in [0.2, 0.25) is 0 Å². The van der Waals surface area contributed by atoms with E-state index in [2.05, 4.69) is 16.4 Å². The fourth-order valence-corrected chi connectivity index (χ4v) is 4.54. The van der Waals surface area contributed by atoms with Gasteiger partial charge in [0.05, 0.1) is 12.0 Å². The van der Waals surface area contributed by atoms with Gasteiger partial charge in [0.15, 0.2) is 0 Å². The summed E-state index contributed by atoms with van der Waals surface area (Å²) in [5.74, 6) is 2.18. The van der Waals surface area contributed by atoms with Gasteiger partial charge in [-0.25, -0.2) is 4.98 Å². The van der Waals surface area contributed by atoms with Crippen LogP contribution in [0.5, 0.6) is 5.75 Å². The van der Waals surface area contributed by atoms with Crippen LogP contribution >= 0.6 is 11.3 Å². The number of rotatable bonds is 7. The second kappa shape index (κ2) is 9.45. The summed E-state index contributed by atoms with van der Waals surface area (Å²) in [5.41, 5.74) is 1.87. The van der Waals surface area contributed by atoms with Crippen molar-refractivity contribution >= 4 is 17.3 Å². The van der Waals surface area contributed by atoms with Crippen molar-refractivity contribution in [2.75, 3.05) is 13.7 Å². The number of para-hydroxylation sites is 1. The molecular formula is C23H26N2O4S. The summed E-state index contributed by atoms with van der Waals surface area (Å²) in [6, 6.07) is 11.7. The van der Waals surface area contributed by atoms with Crippen LogP contribution in [0.25, 0.3) is 10.8 Å². The molecular weight excluding hydrogens is 400 g/mol. The molecule has 30 heavy (non-hydrogen) atoms. The third-order valence-corrected chi connectivity index (χ3v) is 6.34. The van der Waals surface area contributed by atoms with E-state index < -0.39 is 0 Å². The van der Waals surface area contributed by atoms with Crippen molar-refractivity contribution in [3.05, 3.63) is 58.8 Å². The molecule has 158 valence electrons. The number of thiophene rings is 1. The second-order valence-corrected chi connectivity index (χ2v) is 8.40. The lowest BCUT2D eigenvalue weighted by Gasteiger charge is -2.31. The van der Waals surface area contributed by atoms with Crippen LogP contribution in [0.1, 0.15) is 29.9 Å². The number of oxazole rings is 1. The third kappa shape index (κ3) is 4.57. The van der Waals surface area contributed by atoms with Crippen LogP contribution in [0.3, 0.4) is 0 Å². The van der Waals surface area contributed by atoms with E-state index in [4.69, 9.17) is 13.9 Å². The Morgan fingerprint density at radius 3 is 2.97 bits per heavy atom. The zero-order valence-electron chi connectivity index (χ0n) is 17.2. The molecule has 1 aliphatic rings. The predicted octanol–water partition coefficient (Wildman–Crippen LogP) is 4.37. The molecule has 3 heterocycles. The number of hydrogen-bond acceptors (Lipinski definition) is 7. The minimum absolute atomic E-state index is 0.176. The lowest BCUT2D eigenvalue weighted by Crippen LogP contribution is -2.48. The Bertz CT molecular complexity index is 983. The summed E-state index contributed by atoms with van der Waals surface area (Å²) in [7, 11) is 1.44. The molecule has 1 aromatic carbocycles. The van der Waals surface area contributed by atoms with Gasteiger partial charge in [-0.1, -0.05) is 24.3 Å². The van der Waals surface area contributed by atoms with Crippen LogP contribution in [-0.4, -0.2) is 30.6 Å². The van der Waals surface area contributed by atoms with Gasteiger partial charge in [0.1, 0.15) is 29.9 Å². The summed E-state index contributed by atoms with van der Waals surface area (Å²) >= 11 is 1.60. The zero-order valence-corrected chi connectivity index (χ0v) is 18.0. The number of esters is 1. The molecule has 7 heteroatoms. The van der Waals surface area contributed by atoms with Gasteiger partial charge in [-0.15, -0.1) is 11.3 Å². The molecule has 0 spiro atoms. The molecule has 1 N–H and O–H groups in total. The molecule has 1 saturated heterocycles. The van der Waals surface area contributed by atoms with Crippen molar-refractivity contribution in [3.63, 3.8) is 0 Å². The zero-order chi connectivity index (χ0) is 20.9. The number of ether oxygens (including phenoxy) is 2. The quantitative estimate of drug-likeness (QED) is 0.566. The molecule has 6 nitrogen and oxygen atoms in total. The molecule has 3 aromatic rings. The summed E-state index contributed by atoms with van der Waals surface area (Å²) in [6.45, 7) is 3.08. The monoisotopic (exact) mass is 426 g/mol. The normalized spacial score (nSPS) is 18.9. The van der Waals surface area contributed by atoms with Crippen LogP contribution in [0.4, 0.5) is 0 Å². The van der Waals surface area contributed by atoms with Gasteiger partial charge in [0.25, 0.3) is 0 Å². The molecule has 0 amide bonds. The van der Waals surface area contributed by atoms with Crippen molar-refractivity contribution in [2.45, 2.75) is 38.8 Å². The molecule has 2 aromatic heterocycles. The third-order valence-electron chi connectivity index (χ3n) is 5.49. The first-order valence-corrected chi connectivity index (χ1v) is 11.1. The number of aryl methyl sites for hydroxylation is 1.